The van der Waals surface area contributed by atoms with Crippen molar-refractivity contribution < 1.29 is 28.6 Å². The Bertz CT molecular complexity index is 508. The van der Waals surface area contributed by atoms with Crippen LogP contribution in [0.4, 0.5) is 19.3 Å². The highest BCUT2D eigenvalue weighted by Crippen LogP contribution is 2.21. The molecule has 0 aliphatic rings. The number of anilines is 1. The van der Waals surface area contributed by atoms with E-state index in [1.807, 2.05) is 10.6 Å². The Balaban J connectivity index is 2.83. The van der Waals surface area contributed by atoms with Crippen molar-refractivity contribution in [3.8, 4) is 0 Å². The average Bonchev–Trinajstić information content (AvgIpc) is 2.36. The van der Waals surface area contributed by atoms with Gasteiger partial charge in [-0.15, -0.1) is 0 Å². The number of carboxylic acid groups (broad SMARTS) is 1. The summed E-state index contributed by atoms with van der Waals surface area (Å²) in [6.45, 7) is 0.535. The molecule has 1 rings (SSSR count). The van der Waals surface area contributed by atoms with Crippen LogP contribution in [0, 0.1) is 18.6 Å². The molecule has 104 valence electrons. The second kappa shape index (κ2) is 6.10. The highest BCUT2D eigenvalue weighted by Gasteiger charge is 2.20. The van der Waals surface area contributed by atoms with Crippen molar-refractivity contribution in [1.29, 1.82) is 0 Å². The van der Waals surface area contributed by atoms with E-state index in [1.54, 1.807) is 0 Å². The Morgan fingerprint density at radius 1 is 1.37 bits per heavy atom. The van der Waals surface area contributed by atoms with Crippen LogP contribution in [0.2, 0.25) is 0 Å². The molecule has 0 radical (unpaired) electrons. The van der Waals surface area contributed by atoms with Crippen molar-refractivity contribution in [2.45, 2.75) is 13.0 Å². The van der Waals surface area contributed by atoms with Crippen molar-refractivity contribution in [2.24, 2.45) is 0 Å². The number of rotatable bonds is 4. The number of aliphatic hydroxyl groups is 1. The maximum Gasteiger partial charge on any atom is 0.328 e. The summed E-state index contributed by atoms with van der Waals surface area (Å²) >= 11 is 0. The van der Waals surface area contributed by atoms with Crippen LogP contribution in [0.1, 0.15) is 5.56 Å². The molecule has 0 aliphatic heterocycles. The summed E-state index contributed by atoms with van der Waals surface area (Å²) in [5.74, 6) is -3.41. The minimum Gasteiger partial charge on any atom is -0.480 e. The van der Waals surface area contributed by atoms with Crippen LogP contribution in [0.15, 0.2) is 12.1 Å². The highest BCUT2D eigenvalue weighted by atomic mass is 19.1. The zero-order chi connectivity index (χ0) is 14.6. The normalized spacial score (nSPS) is 11.8. The van der Waals surface area contributed by atoms with Crippen molar-refractivity contribution in [3.05, 3.63) is 29.3 Å². The summed E-state index contributed by atoms with van der Waals surface area (Å²) in [6, 6.07) is -0.531. The van der Waals surface area contributed by atoms with Crippen LogP contribution in [0.3, 0.4) is 0 Å². The lowest BCUT2D eigenvalue weighted by molar-refractivity contribution is -0.140. The Morgan fingerprint density at radius 2 is 2.00 bits per heavy atom. The van der Waals surface area contributed by atoms with E-state index in [0.717, 1.165) is 6.07 Å². The summed E-state index contributed by atoms with van der Waals surface area (Å²) in [4.78, 5) is 21.9. The number of carboxylic acids is 1. The molecule has 0 aliphatic carbocycles. The summed E-state index contributed by atoms with van der Waals surface area (Å²) in [5, 5.41) is 21.0. The fourth-order valence-electron chi connectivity index (χ4n) is 1.26. The van der Waals surface area contributed by atoms with E-state index in [-0.39, 0.29) is 5.56 Å². The van der Waals surface area contributed by atoms with Gasteiger partial charge in [-0.2, -0.15) is 0 Å². The quantitative estimate of drug-likeness (QED) is 0.654. The molecule has 8 heteroatoms. The molecule has 1 aromatic carbocycles. The predicted octanol–water partition coefficient (Wildman–Crippen LogP) is 0.840. The van der Waals surface area contributed by atoms with E-state index in [1.165, 1.54) is 13.0 Å². The van der Waals surface area contributed by atoms with Crippen molar-refractivity contribution in [2.75, 3.05) is 11.9 Å². The Kier molecular flexibility index (Phi) is 4.76. The molecule has 0 heterocycles. The number of benzene rings is 1. The lowest BCUT2D eigenvalue weighted by atomic mass is 10.2. The van der Waals surface area contributed by atoms with Gasteiger partial charge < -0.3 is 20.8 Å². The van der Waals surface area contributed by atoms with Gasteiger partial charge in [0.15, 0.2) is 11.9 Å². The highest BCUT2D eigenvalue weighted by molar-refractivity contribution is 5.92. The largest absolute Gasteiger partial charge is 0.480 e. The minimum atomic E-state index is -1.56. The molecule has 0 unspecified atom stereocenters. The van der Waals surface area contributed by atoms with E-state index in [2.05, 4.69) is 0 Å². The number of aryl methyl sites for hydroxylation is 1. The molecule has 0 aromatic heterocycles. The number of carbonyl (C=O) groups excluding carboxylic acids is 1. The standard InChI is InChI=1S/C11H12F2N2O4/c1-5-2-3-6(12)9(8(5)13)15-11(19)14-7(4-16)10(17)18/h2-3,7,16H,4H2,1H3,(H,17,18)(H2,14,15,19)/t7-/m1/s1. The number of hydrogen-bond donors (Lipinski definition) is 4. The molecule has 0 bridgehead atoms. The Labute approximate surface area is 107 Å². The first-order valence-corrected chi connectivity index (χ1v) is 5.22. The van der Waals surface area contributed by atoms with E-state index < -0.39 is 42.0 Å². The van der Waals surface area contributed by atoms with Gasteiger partial charge in [-0.3, -0.25) is 0 Å². The number of carbonyl (C=O) groups is 2. The number of amides is 2. The average molecular weight is 274 g/mol. The second-order valence-electron chi connectivity index (χ2n) is 3.73. The van der Waals surface area contributed by atoms with Gasteiger partial charge in [-0.25, -0.2) is 18.4 Å². The summed E-state index contributed by atoms with van der Waals surface area (Å²) in [5.41, 5.74) is -0.562. The number of aliphatic hydroxyl groups excluding tert-OH is 1. The van der Waals surface area contributed by atoms with Gasteiger partial charge >= 0.3 is 12.0 Å². The SMILES string of the molecule is Cc1ccc(F)c(NC(=O)N[C@H](CO)C(=O)O)c1F. The predicted molar refractivity (Wildman–Crippen MR) is 61.8 cm³/mol. The number of hydrogen-bond acceptors (Lipinski definition) is 3. The van der Waals surface area contributed by atoms with Gasteiger partial charge in [0.1, 0.15) is 11.5 Å². The van der Waals surface area contributed by atoms with E-state index in [9.17, 15) is 18.4 Å². The van der Waals surface area contributed by atoms with Gasteiger partial charge in [-0.05, 0) is 18.6 Å². The van der Waals surface area contributed by atoms with Crippen molar-refractivity contribution in [3.63, 3.8) is 0 Å². The summed E-state index contributed by atoms with van der Waals surface area (Å²) < 4.78 is 26.9. The van der Waals surface area contributed by atoms with Gasteiger partial charge in [0.25, 0.3) is 0 Å². The molecular weight excluding hydrogens is 262 g/mol. The molecule has 1 atom stereocenters. The molecule has 0 fully saturated rings. The smallest absolute Gasteiger partial charge is 0.328 e. The Morgan fingerprint density at radius 3 is 2.53 bits per heavy atom. The van der Waals surface area contributed by atoms with Crippen molar-refractivity contribution >= 4 is 17.7 Å². The van der Waals surface area contributed by atoms with Gasteiger partial charge in [0.2, 0.25) is 0 Å². The van der Waals surface area contributed by atoms with Crippen LogP contribution in [0.25, 0.3) is 0 Å². The molecule has 0 spiro atoms. The van der Waals surface area contributed by atoms with Crippen LogP contribution < -0.4 is 10.6 Å². The van der Waals surface area contributed by atoms with E-state index in [0.29, 0.717) is 0 Å². The lowest BCUT2D eigenvalue weighted by Crippen LogP contribution is -2.45. The first-order valence-electron chi connectivity index (χ1n) is 5.22. The number of halogens is 2. The fourth-order valence-corrected chi connectivity index (χ4v) is 1.26. The number of urea groups is 1. The molecule has 1 aromatic rings. The zero-order valence-electron chi connectivity index (χ0n) is 9.91. The minimum absolute atomic E-state index is 0.119. The second-order valence-corrected chi connectivity index (χ2v) is 3.73. The molecule has 2 amide bonds. The molecule has 19 heavy (non-hydrogen) atoms. The Hall–Kier alpha value is -2.22. The maximum atomic E-state index is 13.6. The van der Waals surface area contributed by atoms with Crippen LogP contribution in [-0.2, 0) is 4.79 Å². The third-order valence-corrected chi connectivity index (χ3v) is 2.31. The number of aliphatic carboxylic acids is 1. The monoisotopic (exact) mass is 274 g/mol. The lowest BCUT2D eigenvalue weighted by Gasteiger charge is -2.14. The van der Waals surface area contributed by atoms with Crippen LogP contribution >= 0.6 is 0 Å². The fraction of sp³-hybridized carbons (Fsp3) is 0.273. The molecule has 0 saturated carbocycles. The molecule has 4 N–H and O–H groups in total. The number of nitrogens with one attached hydrogen (secondary N) is 2. The third-order valence-electron chi connectivity index (χ3n) is 2.31. The topological polar surface area (TPSA) is 98.7 Å². The molecule has 6 nitrogen and oxygen atoms in total. The van der Waals surface area contributed by atoms with Gasteiger partial charge in [-0.1, -0.05) is 6.07 Å². The first kappa shape index (κ1) is 14.8. The van der Waals surface area contributed by atoms with Crippen molar-refractivity contribution in [1.82, 2.24) is 5.32 Å². The van der Waals surface area contributed by atoms with E-state index >= 15 is 0 Å². The zero-order valence-corrected chi connectivity index (χ0v) is 9.91. The van der Waals surface area contributed by atoms with E-state index in [4.69, 9.17) is 10.2 Å². The first-order chi connectivity index (χ1) is 8.86. The van der Waals surface area contributed by atoms with Crippen LogP contribution in [0.5, 0.6) is 0 Å². The summed E-state index contributed by atoms with van der Waals surface area (Å²) in [6.07, 6.45) is 0. The summed E-state index contributed by atoms with van der Waals surface area (Å²) in [7, 11) is 0. The van der Waals surface area contributed by atoms with Gasteiger partial charge in [0.05, 0.1) is 6.61 Å². The maximum absolute atomic E-state index is 13.6. The molecular formula is C11H12F2N2O4. The van der Waals surface area contributed by atoms with Gasteiger partial charge in [0, 0.05) is 0 Å². The molecule has 0 saturated heterocycles. The van der Waals surface area contributed by atoms with Crippen LogP contribution in [-0.4, -0.2) is 34.9 Å². The third kappa shape index (κ3) is 3.62.